The molecule has 22 heavy (non-hydrogen) atoms. The summed E-state index contributed by atoms with van der Waals surface area (Å²) in [5.74, 6) is 1.82. The first-order valence-corrected chi connectivity index (χ1v) is 7.70. The lowest BCUT2D eigenvalue weighted by Crippen LogP contribution is -2.43. The summed E-state index contributed by atoms with van der Waals surface area (Å²) in [6, 6.07) is 6.25. The molecule has 1 N–H and O–H groups in total. The van der Waals surface area contributed by atoms with Crippen molar-refractivity contribution >= 4 is 30.5 Å². The van der Waals surface area contributed by atoms with Gasteiger partial charge in [0, 0.05) is 50.1 Å². The van der Waals surface area contributed by atoms with Crippen molar-refractivity contribution in [1.29, 1.82) is 0 Å². The van der Waals surface area contributed by atoms with E-state index in [4.69, 9.17) is 9.47 Å². The van der Waals surface area contributed by atoms with Gasteiger partial charge in [0.1, 0.15) is 11.5 Å². The number of piperazine rings is 1. The van der Waals surface area contributed by atoms with Gasteiger partial charge in [-0.15, -0.1) is 24.8 Å². The van der Waals surface area contributed by atoms with Crippen LogP contribution in [0.5, 0.6) is 11.5 Å². The van der Waals surface area contributed by atoms with Crippen molar-refractivity contribution in [1.82, 2.24) is 5.32 Å². The topological polar surface area (TPSA) is 33.7 Å². The summed E-state index contributed by atoms with van der Waals surface area (Å²) in [6.07, 6.45) is 2.03. The SMILES string of the molecule is CCCOc1cc(OCCC)cc(N2CCNCC2)c1.Cl.Cl. The second kappa shape index (κ2) is 11.7. The summed E-state index contributed by atoms with van der Waals surface area (Å²) in [6.45, 7) is 9.87. The average molecular weight is 351 g/mol. The van der Waals surface area contributed by atoms with Crippen molar-refractivity contribution in [3.05, 3.63) is 18.2 Å². The van der Waals surface area contributed by atoms with E-state index >= 15 is 0 Å². The van der Waals surface area contributed by atoms with Crippen LogP contribution in [0.1, 0.15) is 26.7 Å². The Labute approximate surface area is 146 Å². The highest BCUT2D eigenvalue weighted by atomic mass is 35.5. The molecule has 1 aromatic carbocycles. The minimum Gasteiger partial charge on any atom is -0.493 e. The molecule has 1 aliphatic heterocycles. The lowest BCUT2D eigenvalue weighted by molar-refractivity contribution is 0.301. The van der Waals surface area contributed by atoms with Crippen LogP contribution < -0.4 is 19.7 Å². The second-order valence-electron chi connectivity index (χ2n) is 5.10. The van der Waals surface area contributed by atoms with Crippen molar-refractivity contribution in [2.24, 2.45) is 0 Å². The molecule has 0 aliphatic carbocycles. The van der Waals surface area contributed by atoms with Crippen LogP contribution in [0.2, 0.25) is 0 Å². The third-order valence-electron chi connectivity index (χ3n) is 3.29. The van der Waals surface area contributed by atoms with Crippen LogP contribution in [0.15, 0.2) is 18.2 Å². The Morgan fingerprint density at radius 3 is 1.86 bits per heavy atom. The second-order valence-corrected chi connectivity index (χ2v) is 5.10. The molecule has 128 valence electrons. The summed E-state index contributed by atoms with van der Waals surface area (Å²) in [4.78, 5) is 2.38. The van der Waals surface area contributed by atoms with Gasteiger partial charge in [0.2, 0.25) is 0 Å². The van der Waals surface area contributed by atoms with Crippen LogP contribution in [0.4, 0.5) is 5.69 Å². The third kappa shape index (κ3) is 6.51. The maximum atomic E-state index is 5.78. The number of halogens is 2. The van der Waals surface area contributed by atoms with Crippen molar-refractivity contribution < 1.29 is 9.47 Å². The molecule has 1 fully saturated rings. The zero-order chi connectivity index (χ0) is 14.2. The predicted octanol–water partition coefficient (Wildman–Crippen LogP) is 3.52. The molecule has 2 rings (SSSR count). The molecule has 0 amide bonds. The third-order valence-corrected chi connectivity index (χ3v) is 3.29. The normalized spacial score (nSPS) is 13.8. The number of hydrogen-bond acceptors (Lipinski definition) is 4. The molecule has 1 aromatic rings. The molecule has 0 spiro atoms. The molecule has 0 saturated carbocycles. The van der Waals surface area contributed by atoms with Gasteiger partial charge < -0.3 is 19.7 Å². The largest absolute Gasteiger partial charge is 0.493 e. The summed E-state index contributed by atoms with van der Waals surface area (Å²) in [5.41, 5.74) is 1.20. The first-order valence-electron chi connectivity index (χ1n) is 7.70. The number of anilines is 1. The molecule has 0 radical (unpaired) electrons. The van der Waals surface area contributed by atoms with E-state index in [1.165, 1.54) is 5.69 Å². The standard InChI is InChI=1S/C16H26N2O2.2ClH/c1-3-9-19-15-11-14(18-7-5-17-6-8-18)12-16(13-15)20-10-4-2;;/h11-13,17H,3-10H2,1-2H3;2*1H. The Morgan fingerprint density at radius 1 is 0.909 bits per heavy atom. The smallest absolute Gasteiger partial charge is 0.125 e. The number of benzene rings is 1. The van der Waals surface area contributed by atoms with E-state index in [-0.39, 0.29) is 24.8 Å². The van der Waals surface area contributed by atoms with Crippen LogP contribution >= 0.6 is 24.8 Å². The number of rotatable bonds is 7. The molecular weight excluding hydrogens is 323 g/mol. The van der Waals surface area contributed by atoms with Gasteiger partial charge in [-0.25, -0.2) is 0 Å². The van der Waals surface area contributed by atoms with E-state index in [9.17, 15) is 0 Å². The maximum Gasteiger partial charge on any atom is 0.125 e. The van der Waals surface area contributed by atoms with Crippen molar-refractivity contribution in [2.75, 3.05) is 44.3 Å². The highest BCUT2D eigenvalue weighted by molar-refractivity contribution is 5.85. The van der Waals surface area contributed by atoms with Gasteiger partial charge in [-0.2, -0.15) is 0 Å². The lowest BCUT2D eigenvalue weighted by atomic mass is 10.2. The van der Waals surface area contributed by atoms with Gasteiger partial charge in [-0.3, -0.25) is 0 Å². The van der Waals surface area contributed by atoms with Crippen LogP contribution in [0.25, 0.3) is 0 Å². The zero-order valence-electron chi connectivity index (χ0n) is 13.5. The Hall–Kier alpha value is -0.840. The van der Waals surface area contributed by atoms with Gasteiger partial charge in [0.25, 0.3) is 0 Å². The summed E-state index contributed by atoms with van der Waals surface area (Å²) in [7, 11) is 0. The van der Waals surface area contributed by atoms with E-state index in [0.717, 1.165) is 63.7 Å². The van der Waals surface area contributed by atoms with Crippen molar-refractivity contribution in [3.8, 4) is 11.5 Å². The van der Waals surface area contributed by atoms with Gasteiger partial charge in [-0.05, 0) is 12.8 Å². The Bertz CT molecular complexity index is 387. The quantitative estimate of drug-likeness (QED) is 0.815. The molecule has 1 saturated heterocycles. The van der Waals surface area contributed by atoms with Crippen LogP contribution in [0, 0.1) is 0 Å². The molecule has 6 heteroatoms. The molecule has 0 aromatic heterocycles. The fourth-order valence-electron chi connectivity index (χ4n) is 2.27. The van der Waals surface area contributed by atoms with Crippen LogP contribution in [0.3, 0.4) is 0 Å². The number of nitrogens with one attached hydrogen (secondary N) is 1. The van der Waals surface area contributed by atoms with Crippen molar-refractivity contribution in [2.45, 2.75) is 26.7 Å². The Balaban J connectivity index is 0.00000220. The molecule has 0 bridgehead atoms. The lowest BCUT2D eigenvalue weighted by Gasteiger charge is -2.30. The summed E-state index contributed by atoms with van der Waals surface area (Å²) >= 11 is 0. The first kappa shape index (κ1) is 21.2. The molecule has 4 nitrogen and oxygen atoms in total. The minimum atomic E-state index is 0. The van der Waals surface area contributed by atoms with E-state index < -0.39 is 0 Å². The van der Waals surface area contributed by atoms with Gasteiger partial charge in [-0.1, -0.05) is 13.8 Å². The first-order chi connectivity index (χ1) is 9.83. The average Bonchev–Trinajstić information content (AvgIpc) is 2.51. The Morgan fingerprint density at radius 2 is 1.41 bits per heavy atom. The highest BCUT2D eigenvalue weighted by Crippen LogP contribution is 2.29. The molecule has 0 unspecified atom stereocenters. The molecule has 1 heterocycles. The number of hydrogen-bond donors (Lipinski definition) is 1. The zero-order valence-corrected chi connectivity index (χ0v) is 15.1. The fraction of sp³-hybridized carbons (Fsp3) is 0.625. The minimum absolute atomic E-state index is 0. The van der Waals surface area contributed by atoms with E-state index in [2.05, 4.69) is 36.2 Å². The van der Waals surface area contributed by atoms with E-state index in [1.807, 2.05) is 6.07 Å². The highest BCUT2D eigenvalue weighted by Gasteiger charge is 2.13. The van der Waals surface area contributed by atoms with E-state index in [0.29, 0.717) is 0 Å². The van der Waals surface area contributed by atoms with Gasteiger partial charge in [0.15, 0.2) is 0 Å². The van der Waals surface area contributed by atoms with Crippen LogP contribution in [-0.2, 0) is 0 Å². The summed E-state index contributed by atoms with van der Waals surface area (Å²) < 4.78 is 11.6. The molecule has 0 atom stereocenters. The van der Waals surface area contributed by atoms with Gasteiger partial charge >= 0.3 is 0 Å². The molecule has 1 aliphatic rings. The van der Waals surface area contributed by atoms with Gasteiger partial charge in [0.05, 0.1) is 13.2 Å². The monoisotopic (exact) mass is 350 g/mol. The number of nitrogens with zero attached hydrogens (tertiary/aromatic N) is 1. The maximum absolute atomic E-state index is 5.78. The van der Waals surface area contributed by atoms with Crippen LogP contribution in [-0.4, -0.2) is 39.4 Å². The Kier molecular flexibility index (Phi) is 11.2. The predicted molar refractivity (Wildman–Crippen MR) is 97.6 cm³/mol. The van der Waals surface area contributed by atoms with Crippen molar-refractivity contribution in [3.63, 3.8) is 0 Å². The summed E-state index contributed by atoms with van der Waals surface area (Å²) in [5, 5.41) is 3.38. The fourth-order valence-corrected chi connectivity index (χ4v) is 2.27. The number of ether oxygens (including phenoxy) is 2. The van der Waals surface area contributed by atoms with E-state index in [1.54, 1.807) is 0 Å². The molecular formula is C16H28Cl2N2O2.